The number of hydrogen-bond donors (Lipinski definition) is 0. The summed E-state index contributed by atoms with van der Waals surface area (Å²) in [5.74, 6) is 0.321. The molecule has 0 saturated heterocycles. The molecule has 0 bridgehead atoms. The highest BCUT2D eigenvalue weighted by atomic mass is 16.7. The van der Waals surface area contributed by atoms with Gasteiger partial charge in [0.25, 0.3) is 0 Å². The van der Waals surface area contributed by atoms with Gasteiger partial charge in [-0.1, -0.05) is 13.8 Å². The van der Waals surface area contributed by atoms with Crippen molar-refractivity contribution in [1.29, 1.82) is 0 Å². The van der Waals surface area contributed by atoms with E-state index in [0.717, 1.165) is 6.42 Å². The van der Waals surface area contributed by atoms with Crippen LogP contribution in [0.5, 0.6) is 0 Å². The lowest BCUT2D eigenvalue weighted by Crippen LogP contribution is -2.17. The fraction of sp³-hybridized carbons (Fsp3) is 0.889. The van der Waals surface area contributed by atoms with Crippen LogP contribution in [0.4, 0.5) is 0 Å². The Labute approximate surface area is 74.0 Å². The first-order chi connectivity index (χ1) is 5.52. The first kappa shape index (κ1) is 11.4. The molecule has 0 aliphatic carbocycles. The smallest absolute Gasteiger partial charge is 0.304 e. The molecular weight excluding hydrogens is 156 g/mol. The molecule has 3 nitrogen and oxygen atoms in total. The maximum Gasteiger partial charge on any atom is 0.304 e. The van der Waals surface area contributed by atoms with Crippen molar-refractivity contribution >= 4 is 5.97 Å². The molecule has 3 heteroatoms. The van der Waals surface area contributed by atoms with E-state index < -0.39 is 6.29 Å². The van der Waals surface area contributed by atoms with Crippen molar-refractivity contribution in [3.63, 3.8) is 0 Å². The standard InChI is InChI=1S/C9H18O3/c1-7(2)5-6-11-9(4)12-8(3)10/h7,9H,5-6H2,1-4H3. The lowest BCUT2D eigenvalue weighted by molar-refractivity contribution is -0.172. The number of rotatable bonds is 5. The predicted molar refractivity (Wildman–Crippen MR) is 46.6 cm³/mol. The summed E-state index contributed by atoms with van der Waals surface area (Å²) in [6.07, 6.45) is 0.576. The van der Waals surface area contributed by atoms with Crippen molar-refractivity contribution in [1.82, 2.24) is 0 Å². The Balaban J connectivity index is 3.31. The molecule has 1 atom stereocenters. The second-order valence-electron chi connectivity index (χ2n) is 3.23. The van der Waals surface area contributed by atoms with Gasteiger partial charge in [0.15, 0.2) is 6.29 Å². The Kier molecular flexibility index (Phi) is 5.72. The highest BCUT2D eigenvalue weighted by Crippen LogP contribution is 2.02. The van der Waals surface area contributed by atoms with Crippen LogP contribution >= 0.6 is 0 Å². The molecule has 0 radical (unpaired) electrons. The van der Waals surface area contributed by atoms with Crippen LogP contribution in [0.1, 0.15) is 34.1 Å². The molecule has 0 amide bonds. The van der Waals surface area contributed by atoms with E-state index in [0.29, 0.717) is 12.5 Å². The van der Waals surface area contributed by atoms with Crippen LogP contribution < -0.4 is 0 Å². The van der Waals surface area contributed by atoms with Gasteiger partial charge in [0.2, 0.25) is 0 Å². The van der Waals surface area contributed by atoms with Crippen LogP contribution in [-0.2, 0) is 14.3 Å². The molecule has 0 spiro atoms. The highest BCUT2D eigenvalue weighted by molar-refractivity contribution is 5.65. The highest BCUT2D eigenvalue weighted by Gasteiger charge is 2.04. The number of carbonyl (C=O) groups excluding carboxylic acids is 1. The summed E-state index contributed by atoms with van der Waals surface area (Å²) < 4.78 is 9.99. The van der Waals surface area contributed by atoms with Gasteiger partial charge in [-0.05, 0) is 19.3 Å². The van der Waals surface area contributed by atoms with E-state index in [-0.39, 0.29) is 5.97 Å². The molecule has 12 heavy (non-hydrogen) atoms. The topological polar surface area (TPSA) is 35.5 Å². The minimum Gasteiger partial charge on any atom is -0.436 e. The molecule has 1 unspecified atom stereocenters. The van der Waals surface area contributed by atoms with E-state index in [1.165, 1.54) is 6.92 Å². The summed E-state index contributed by atoms with van der Waals surface area (Å²) in [5, 5.41) is 0. The van der Waals surface area contributed by atoms with Gasteiger partial charge in [-0.3, -0.25) is 4.79 Å². The zero-order chi connectivity index (χ0) is 9.56. The monoisotopic (exact) mass is 174 g/mol. The van der Waals surface area contributed by atoms with Crippen molar-refractivity contribution in [2.24, 2.45) is 5.92 Å². The average molecular weight is 174 g/mol. The van der Waals surface area contributed by atoms with Crippen LogP contribution in [-0.4, -0.2) is 18.9 Å². The fourth-order valence-electron chi connectivity index (χ4n) is 0.737. The predicted octanol–water partition coefficient (Wildman–Crippen LogP) is 1.96. The Bertz CT molecular complexity index is 132. The molecule has 0 rings (SSSR count). The normalized spacial score (nSPS) is 13.1. The molecule has 0 aromatic rings. The maximum atomic E-state index is 10.4. The molecule has 0 heterocycles. The van der Waals surface area contributed by atoms with Gasteiger partial charge >= 0.3 is 5.97 Å². The van der Waals surface area contributed by atoms with Crippen LogP contribution in [0.3, 0.4) is 0 Å². The first-order valence-corrected chi connectivity index (χ1v) is 4.31. The number of esters is 1. The molecule has 0 aromatic heterocycles. The van der Waals surface area contributed by atoms with Gasteiger partial charge in [-0.15, -0.1) is 0 Å². The fourth-order valence-corrected chi connectivity index (χ4v) is 0.737. The van der Waals surface area contributed by atoms with Crippen molar-refractivity contribution in [2.45, 2.75) is 40.4 Å². The van der Waals surface area contributed by atoms with Gasteiger partial charge in [-0.2, -0.15) is 0 Å². The van der Waals surface area contributed by atoms with Gasteiger partial charge < -0.3 is 9.47 Å². The molecule has 0 aliphatic rings. The van der Waals surface area contributed by atoms with Gasteiger partial charge in [0.05, 0.1) is 6.61 Å². The summed E-state index contributed by atoms with van der Waals surface area (Å²) >= 11 is 0. The van der Waals surface area contributed by atoms with Crippen molar-refractivity contribution in [3.05, 3.63) is 0 Å². The van der Waals surface area contributed by atoms with Gasteiger partial charge in [0.1, 0.15) is 0 Å². The molecular formula is C9H18O3. The molecule has 72 valence electrons. The maximum absolute atomic E-state index is 10.4. The third-order valence-corrected chi connectivity index (χ3v) is 1.38. The van der Waals surface area contributed by atoms with E-state index in [9.17, 15) is 4.79 Å². The van der Waals surface area contributed by atoms with E-state index in [1.807, 2.05) is 0 Å². The molecule has 0 aromatic carbocycles. The Morgan fingerprint density at radius 1 is 1.33 bits per heavy atom. The van der Waals surface area contributed by atoms with E-state index in [4.69, 9.17) is 9.47 Å². The van der Waals surface area contributed by atoms with E-state index in [1.54, 1.807) is 6.92 Å². The minimum atomic E-state index is -0.416. The zero-order valence-electron chi connectivity index (χ0n) is 8.29. The van der Waals surface area contributed by atoms with Crippen LogP contribution in [0.25, 0.3) is 0 Å². The Morgan fingerprint density at radius 3 is 2.33 bits per heavy atom. The average Bonchev–Trinajstić information content (AvgIpc) is 1.84. The lowest BCUT2D eigenvalue weighted by Gasteiger charge is -2.13. The van der Waals surface area contributed by atoms with Crippen molar-refractivity contribution in [3.8, 4) is 0 Å². The Morgan fingerprint density at radius 2 is 1.92 bits per heavy atom. The Hall–Kier alpha value is -0.570. The number of carbonyl (C=O) groups is 1. The van der Waals surface area contributed by atoms with E-state index >= 15 is 0 Å². The first-order valence-electron chi connectivity index (χ1n) is 4.31. The van der Waals surface area contributed by atoms with Crippen LogP contribution in [0, 0.1) is 5.92 Å². The SMILES string of the molecule is CC(=O)OC(C)OCCC(C)C. The molecule has 0 saturated carbocycles. The molecule has 0 fully saturated rings. The number of hydrogen-bond acceptors (Lipinski definition) is 3. The summed E-state index contributed by atoms with van der Waals surface area (Å²) in [4.78, 5) is 10.4. The summed E-state index contributed by atoms with van der Waals surface area (Å²) in [7, 11) is 0. The molecule has 0 N–H and O–H groups in total. The van der Waals surface area contributed by atoms with Crippen LogP contribution in [0.2, 0.25) is 0 Å². The van der Waals surface area contributed by atoms with Crippen LogP contribution in [0.15, 0.2) is 0 Å². The van der Waals surface area contributed by atoms with Gasteiger partial charge in [-0.25, -0.2) is 0 Å². The van der Waals surface area contributed by atoms with Gasteiger partial charge in [0, 0.05) is 6.92 Å². The summed E-state index contributed by atoms with van der Waals surface area (Å²) in [5.41, 5.74) is 0. The third-order valence-electron chi connectivity index (χ3n) is 1.38. The summed E-state index contributed by atoms with van der Waals surface area (Å²) in [6.45, 7) is 8.00. The molecule has 0 aliphatic heterocycles. The quantitative estimate of drug-likeness (QED) is 0.472. The lowest BCUT2D eigenvalue weighted by atomic mass is 10.1. The van der Waals surface area contributed by atoms with E-state index in [2.05, 4.69) is 13.8 Å². The summed E-state index contributed by atoms with van der Waals surface area (Å²) in [6, 6.07) is 0. The third kappa shape index (κ3) is 7.54. The minimum absolute atomic E-state index is 0.299. The van der Waals surface area contributed by atoms with Crippen molar-refractivity contribution in [2.75, 3.05) is 6.61 Å². The van der Waals surface area contributed by atoms with Crippen molar-refractivity contribution < 1.29 is 14.3 Å². The zero-order valence-corrected chi connectivity index (χ0v) is 8.29. The largest absolute Gasteiger partial charge is 0.436 e. The second-order valence-corrected chi connectivity index (χ2v) is 3.23. The number of ether oxygens (including phenoxy) is 2. The second kappa shape index (κ2) is 6.00.